The van der Waals surface area contributed by atoms with Crippen LogP contribution >= 0.6 is 15.9 Å². The zero-order chi connectivity index (χ0) is 13.7. The molecule has 2 rings (SSSR count). The van der Waals surface area contributed by atoms with E-state index in [2.05, 4.69) is 21.2 Å². The number of para-hydroxylation sites is 1. The van der Waals surface area contributed by atoms with E-state index in [-0.39, 0.29) is 18.1 Å². The number of carbonyl (C=O) groups excluding carboxylic acids is 1. The van der Waals surface area contributed by atoms with Crippen LogP contribution < -0.4 is 5.32 Å². The van der Waals surface area contributed by atoms with Gasteiger partial charge in [-0.1, -0.05) is 40.5 Å². The number of halogens is 1. The van der Waals surface area contributed by atoms with Crippen molar-refractivity contribution < 1.29 is 9.90 Å². The van der Waals surface area contributed by atoms with Crippen LogP contribution in [0.1, 0.15) is 24.8 Å². The Bertz CT molecular complexity index is 436. The minimum absolute atomic E-state index is 0.0123. The predicted molar refractivity (Wildman–Crippen MR) is 79.4 cm³/mol. The highest BCUT2D eigenvalue weighted by molar-refractivity contribution is 9.09. The number of nitrogens with one attached hydrogen (secondary N) is 1. The summed E-state index contributed by atoms with van der Waals surface area (Å²) in [5, 5.41) is 13.6. The lowest BCUT2D eigenvalue weighted by molar-refractivity contribution is -0.120. The van der Waals surface area contributed by atoms with Crippen LogP contribution in [0.3, 0.4) is 0 Å². The molecule has 0 aromatic heterocycles. The second-order valence-corrected chi connectivity index (χ2v) is 5.86. The first-order valence-electron chi connectivity index (χ1n) is 6.80. The van der Waals surface area contributed by atoms with Crippen molar-refractivity contribution in [2.75, 3.05) is 11.9 Å². The third-order valence-corrected chi connectivity index (χ3v) is 4.75. The lowest BCUT2D eigenvalue weighted by Gasteiger charge is -2.17. The molecule has 19 heavy (non-hydrogen) atoms. The van der Waals surface area contributed by atoms with Gasteiger partial charge in [0.1, 0.15) is 5.75 Å². The Balaban J connectivity index is 1.80. The summed E-state index contributed by atoms with van der Waals surface area (Å²) < 4.78 is 0. The van der Waals surface area contributed by atoms with Crippen molar-refractivity contribution in [3.63, 3.8) is 0 Å². The van der Waals surface area contributed by atoms with Crippen LogP contribution in [0.2, 0.25) is 0 Å². The van der Waals surface area contributed by atoms with Crippen molar-refractivity contribution in [2.45, 2.75) is 25.7 Å². The SMILES string of the molecule is O=C(Cc1ccccc1O)NCC1CCCC1CBr. The minimum Gasteiger partial charge on any atom is -0.508 e. The van der Waals surface area contributed by atoms with Crippen LogP contribution in [0.4, 0.5) is 0 Å². The Hall–Kier alpha value is -1.03. The second kappa shape index (κ2) is 6.94. The van der Waals surface area contributed by atoms with Crippen LogP contribution in [0, 0.1) is 11.8 Å². The summed E-state index contributed by atoms with van der Waals surface area (Å²) in [5.74, 6) is 1.46. The number of carbonyl (C=O) groups is 1. The van der Waals surface area contributed by atoms with Gasteiger partial charge in [0, 0.05) is 17.4 Å². The molecule has 0 heterocycles. The topological polar surface area (TPSA) is 49.3 Å². The van der Waals surface area contributed by atoms with Gasteiger partial charge in [-0.25, -0.2) is 0 Å². The molecule has 2 N–H and O–H groups in total. The normalized spacial score (nSPS) is 22.4. The number of amides is 1. The molecule has 0 spiro atoms. The highest BCUT2D eigenvalue weighted by Crippen LogP contribution is 2.32. The molecule has 2 atom stereocenters. The molecule has 1 aliphatic carbocycles. The van der Waals surface area contributed by atoms with Crippen molar-refractivity contribution in [3.05, 3.63) is 29.8 Å². The highest BCUT2D eigenvalue weighted by Gasteiger charge is 2.26. The maximum Gasteiger partial charge on any atom is 0.224 e. The van der Waals surface area contributed by atoms with Gasteiger partial charge in [0.05, 0.1) is 6.42 Å². The van der Waals surface area contributed by atoms with E-state index in [0.717, 1.165) is 11.9 Å². The monoisotopic (exact) mass is 325 g/mol. The van der Waals surface area contributed by atoms with Crippen LogP contribution in [0.5, 0.6) is 5.75 Å². The fraction of sp³-hybridized carbons (Fsp3) is 0.533. The fourth-order valence-corrected chi connectivity index (χ4v) is 3.58. The second-order valence-electron chi connectivity index (χ2n) is 5.21. The van der Waals surface area contributed by atoms with Gasteiger partial charge in [0.15, 0.2) is 0 Å². The Labute approximate surface area is 122 Å². The molecule has 1 fully saturated rings. The third kappa shape index (κ3) is 3.96. The van der Waals surface area contributed by atoms with Gasteiger partial charge in [-0.15, -0.1) is 0 Å². The zero-order valence-electron chi connectivity index (χ0n) is 10.9. The molecule has 1 saturated carbocycles. The molecule has 1 aromatic carbocycles. The summed E-state index contributed by atoms with van der Waals surface area (Å²) in [6.07, 6.45) is 3.97. The summed E-state index contributed by atoms with van der Waals surface area (Å²) in [5.41, 5.74) is 0.684. The number of alkyl halides is 1. The maximum atomic E-state index is 11.9. The Morgan fingerprint density at radius 1 is 1.32 bits per heavy atom. The first-order valence-corrected chi connectivity index (χ1v) is 7.92. The standard InChI is InChI=1S/C15H20BrNO2/c16-9-12-5-3-6-13(12)10-17-15(19)8-11-4-1-2-7-14(11)18/h1-2,4,7,12-13,18H,3,5-6,8-10H2,(H,17,19). The smallest absolute Gasteiger partial charge is 0.224 e. The third-order valence-electron chi connectivity index (χ3n) is 3.92. The molecule has 0 saturated heterocycles. The summed E-state index contributed by atoms with van der Waals surface area (Å²) in [4.78, 5) is 11.9. The number of phenolic OH excluding ortho intramolecular Hbond substituents is 1. The van der Waals surface area contributed by atoms with Crippen LogP contribution in [-0.2, 0) is 11.2 Å². The molecule has 104 valence electrons. The van der Waals surface area contributed by atoms with Gasteiger partial charge in [-0.2, -0.15) is 0 Å². The van der Waals surface area contributed by atoms with E-state index in [9.17, 15) is 9.90 Å². The van der Waals surface area contributed by atoms with E-state index in [1.54, 1.807) is 18.2 Å². The Kier molecular flexibility index (Phi) is 5.25. The molecule has 1 aromatic rings. The van der Waals surface area contributed by atoms with Crippen molar-refractivity contribution in [1.82, 2.24) is 5.32 Å². The minimum atomic E-state index is -0.0123. The van der Waals surface area contributed by atoms with E-state index in [1.165, 1.54) is 19.3 Å². The van der Waals surface area contributed by atoms with Gasteiger partial charge in [0.25, 0.3) is 0 Å². The molecular formula is C15H20BrNO2. The molecule has 0 radical (unpaired) electrons. The Morgan fingerprint density at radius 3 is 2.79 bits per heavy atom. The van der Waals surface area contributed by atoms with E-state index in [4.69, 9.17) is 0 Å². The molecule has 4 heteroatoms. The summed E-state index contributed by atoms with van der Waals surface area (Å²) in [6, 6.07) is 6.99. The summed E-state index contributed by atoms with van der Waals surface area (Å²) in [6.45, 7) is 0.753. The quantitative estimate of drug-likeness (QED) is 0.818. The average molecular weight is 326 g/mol. The first-order chi connectivity index (χ1) is 9.20. The van der Waals surface area contributed by atoms with Crippen molar-refractivity contribution in [3.8, 4) is 5.75 Å². The van der Waals surface area contributed by atoms with Crippen LogP contribution in [0.15, 0.2) is 24.3 Å². The van der Waals surface area contributed by atoms with Crippen molar-refractivity contribution in [2.24, 2.45) is 11.8 Å². The molecule has 0 aliphatic heterocycles. The van der Waals surface area contributed by atoms with E-state index < -0.39 is 0 Å². The highest BCUT2D eigenvalue weighted by atomic mass is 79.9. The number of hydrogen-bond acceptors (Lipinski definition) is 2. The molecule has 3 nitrogen and oxygen atoms in total. The van der Waals surface area contributed by atoms with E-state index in [0.29, 0.717) is 17.4 Å². The van der Waals surface area contributed by atoms with E-state index >= 15 is 0 Å². The molecule has 0 bridgehead atoms. The lowest BCUT2D eigenvalue weighted by Crippen LogP contribution is -2.32. The summed E-state index contributed by atoms with van der Waals surface area (Å²) >= 11 is 3.54. The first kappa shape index (κ1) is 14.4. The lowest BCUT2D eigenvalue weighted by atomic mass is 9.98. The van der Waals surface area contributed by atoms with Crippen LogP contribution in [0.25, 0.3) is 0 Å². The maximum absolute atomic E-state index is 11.9. The molecule has 2 unspecified atom stereocenters. The molecule has 1 aliphatic rings. The van der Waals surface area contributed by atoms with Gasteiger partial charge in [0.2, 0.25) is 5.91 Å². The van der Waals surface area contributed by atoms with Crippen molar-refractivity contribution in [1.29, 1.82) is 0 Å². The molecular weight excluding hydrogens is 306 g/mol. The van der Waals surface area contributed by atoms with Gasteiger partial charge in [-0.3, -0.25) is 4.79 Å². The Morgan fingerprint density at radius 2 is 2.05 bits per heavy atom. The van der Waals surface area contributed by atoms with Gasteiger partial charge >= 0.3 is 0 Å². The van der Waals surface area contributed by atoms with E-state index in [1.807, 2.05) is 6.07 Å². The molecule has 1 amide bonds. The number of hydrogen-bond donors (Lipinski definition) is 2. The zero-order valence-corrected chi connectivity index (χ0v) is 12.5. The largest absolute Gasteiger partial charge is 0.508 e. The summed E-state index contributed by atoms with van der Waals surface area (Å²) in [7, 11) is 0. The fourth-order valence-electron chi connectivity index (χ4n) is 2.73. The van der Waals surface area contributed by atoms with Crippen LogP contribution in [-0.4, -0.2) is 22.9 Å². The average Bonchev–Trinajstić information content (AvgIpc) is 2.86. The number of phenols is 1. The van der Waals surface area contributed by atoms with Gasteiger partial charge in [-0.05, 0) is 30.7 Å². The number of benzene rings is 1. The number of aromatic hydroxyl groups is 1. The van der Waals surface area contributed by atoms with Crippen molar-refractivity contribution >= 4 is 21.8 Å². The number of rotatable bonds is 5. The predicted octanol–water partition coefficient (Wildman–Crippen LogP) is 2.86. The van der Waals surface area contributed by atoms with Gasteiger partial charge < -0.3 is 10.4 Å².